The Balaban J connectivity index is 1.41. The average Bonchev–Trinajstić information content (AvgIpc) is 3.59. The Labute approximate surface area is 217 Å². The molecule has 0 radical (unpaired) electrons. The largest absolute Gasteiger partial charge is 0.492 e. The zero-order valence-corrected chi connectivity index (χ0v) is 21.4. The van der Waals surface area contributed by atoms with E-state index in [1.807, 2.05) is 49.7 Å². The number of benzene rings is 1. The monoisotopic (exact) mass is 511 g/mol. The van der Waals surface area contributed by atoms with E-state index in [2.05, 4.69) is 25.1 Å². The van der Waals surface area contributed by atoms with Crippen LogP contribution in [0.5, 0.6) is 5.75 Å². The number of imidazole rings is 2. The van der Waals surface area contributed by atoms with Crippen molar-refractivity contribution >= 4 is 22.1 Å². The van der Waals surface area contributed by atoms with E-state index in [1.54, 1.807) is 24.7 Å². The van der Waals surface area contributed by atoms with Crippen molar-refractivity contribution in [2.75, 3.05) is 27.2 Å². The molecule has 0 atom stereocenters. The van der Waals surface area contributed by atoms with Gasteiger partial charge in [-0.15, -0.1) is 0 Å². The highest BCUT2D eigenvalue weighted by Crippen LogP contribution is 2.33. The van der Waals surface area contributed by atoms with Crippen LogP contribution in [0.1, 0.15) is 5.82 Å². The van der Waals surface area contributed by atoms with Gasteiger partial charge in [0, 0.05) is 31.4 Å². The quantitative estimate of drug-likeness (QED) is 0.328. The topological polar surface area (TPSA) is 113 Å². The average molecular weight is 512 g/mol. The fourth-order valence-corrected chi connectivity index (χ4v) is 4.35. The highest BCUT2D eigenvalue weighted by Gasteiger charge is 2.18. The number of aryl methyl sites for hydroxylation is 1. The Morgan fingerprint density at radius 2 is 1.89 bits per heavy atom. The molecule has 10 nitrogen and oxygen atoms in total. The summed E-state index contributed by atoms with van der Waals surface area (Å²) in [5.74, 6) is 1.49. The van der Waals surface area contributed by atoms with Gasteiger partial charge in [-0.25, -0.2) is 19.3 Å². The first-order valence-corrected chi connectivity index (χ1v) is 12.1. The Morgan fingerprint density at radius 3 is 2.68 bits per heavy atom. The third-order valence-electron chi connectivity index (χ3n) is 6.50. The maximum Gasteiger partial charge on any atom is 0.161 e. The molecule has 0 spiro atoms. The second-order valence-corrected chi connectivity index (χ2v) is 9.41. The molecule has 38 heavy (non-hydrogen) atoms. The molecule has 11 heteroatoms. The smallest absolute Gasteiger partial charge is 0.161 e. The molecule has 0 amide bonds. The Morgan fingerprint density at radius 1 is 1.03 bits per heavy atom. The maximum atomic E-state index is 14.5. The summed E-state index contributed by atoms with van der Waals surface area (Å²) < 4.78 is 22.3. The van der Waals surface area contributed by atoms with Gasteiger partial charge in [-0.05, 0) is 50.8 Å². The lowest BCUT2D eigenvalue weighted by atomic mass is 10.1. The van der Waals surface area contributed by atoms with Crippen LogP contribution in [0, 0.1) is 12.7 Å². The second kappa shape index (κ2) is 9.34. The van der Waals surface area contributed by atoms with Crippen molar-refractivity contribution in [3.63, 3.8) is 0 Å². The number of likely N-dealkylation sites (N-methyl/N-ethyl adjacent to an activating group) is 1. The SMILES string of the molecule is Cc1ncc(-c2ccc3[nH]nc(-c4nc5c(-c6cc(F)cc(OCCN(C)C)c6)cncc5[nH]4)c3n2)n1C. The van der Waals surface area contributed by atoms with Crippen molar-refractivity contribution < 1.29 is 9.13 Å². The van der Waals surface area contributed by atoms with Crippen LogP contribution in [0.25, 0.3) is 56.1 Å². The van der Waals surface area contributed by atoms with Gasteiger partial charge in [-0.2, -0.15) is 5.10 Å². The molecule has 6 rings (SSSR count). The highest BCUT2D eigenvalue weighted by atomic mass is 19.1. The first-order valence-electron chi connectivity index (χ1n) is 12.1. The summed E-state index contributed by atoms with van der Waals surface area (Å²) in [5, 5.41) is 7.53. The molecule has 5 aromatic heterocycles. The first-order chi connectivity index (χ1) is 18.4. The summed E-state index contributed by atoms with van der Waals surface area (Å²) in [6.07, 6.45) is 5.17. The lowest BCUT2D eigenvalue weighted by molar-refractivity contribution is 0.260. The third kappa shape index (κ3) is 4.26. The molecule has 1 aromatic carbocycles. The molecule has 0 aliphatic carbocycles. The van der Waals surface area contributed by atoms with Crippen molar-refractivity contribution in [3.05, 3.63) is 60.6 Å². The molecule has 192 valence electrons. The van der Waals surface area contributed by atoms with Crippen LogP contribution in [0.2, 0.25) is 0 Å². The van der Waals surface area contributed by atoms with Crippen LogP contribution in [-0.4, -0.2) is 71.8 Å². The fourth-order valence-electron chi connectivity index (χ4n) is 4.35. The summed E-state index contributed by atoms with van der Waals surface area (Å²) in [5.41, 5.74) is 6.38. The van der Waals surface area contributed by atoms with Gasteiger partial charge in [0.05, 0.1) is 40.3 Å². The number of aromatic amines is 2. The second-order valence-electron chi connectivity index (χ2n) is 9.41. The normalized spacial score (nSPS) is 11.7. The van der Waals surface area contributed by atoms with Crippen molar-refractivity contribution in [1.29, 1.82) is 0 Å². The van der Waals surface area contributed by atoms with Crippen molar-refractivity contribution in [2.24, 2.45) is 7.05 Å². The van der Waals surface area contributed by atoms with Crippen LogP contribution in [0.15, 0.2) is 48.9 Å². The number of H-pyrrole nitrogens is 2. The van der Waals surface area contributed by atoms with Crippen LogP contribution in [0.4, 0.5) is 4.39 Å². The van der Waals surface area contributed by atoms with Gasteiger partial charge in [0.1, 0.15) is 29.5 Å². The summed E-state index contributed by atoms with van der Waals surface area (Å²) in [6, 6.07) is 8.51. The van der Waals surface area contributed by atoms with E-state index in [0.717, 1.165) is 29.3 Å². The molecule has 0 aliphatic heterocycles. The van der Waals surface area contributed by atoms with Crippen molar-refractivity contribution in [1.82, 2.24) is 44.6 Å². The van der Waals surface area contributed by atoms with Crippen LogP contribution in [-0.2, 0) is 7.05 Å². The number of nitrogens with one attached hydrogen (secondary N) is 2. The number of halogens is 1. The van der Waals surface area contributed by atoms with Gasteiger partial charge in [0.2, 0.25) is 0 Å². The maximum absolute atomic E-state index is 14.5. The lowest BCUT2D eigenvalue weighted by Gasteiger charge is -2.12. The number of aromatic nitrogens is 8. The number of hydrogen-bond donors (Lipinski definition) is 2. The molecule has 2 N–H and O–H groups in total. The summed E-state index contributed by atoms with van der Waals surface area (Å²) in [6.45, 7) is 3.12. The summed E-state index contributed by atoms with van der Waals surface area (Å²) >= 11 is 0. The van der Waals surface area contributed by atoms with Crippen molar-refractivity contribution in [3.8, 4) is 39.8 Å². The van der Waals surface area contributed by atoms with E-state index in [0.29, 0.717) is 51.6 Å². The number of ether oxygens (including phenoxy) is 1. The van der Waals surface area contributed by atoms with Gasteiger partial charge < -0.3 is 19.2 Å². The number of fused-ring (bicyclic) bond motifs is 2. The first kappa shape index (κ1) is 23.7. The van der Waals surface area contributed by atoms with Crippen molar-refractivity contribution in [2.45, 2.75) is 6.92 Å². The molecule has 5 heterocycles. The minimum absolute atomic E-state index is 0.393. The zero-order valence-electron chi connectivity index (χ0n) is 21.4. The molecular weight excluding hydrogens is 485 g/mol. The van der Waals surface area contributed by atoms with E-state index in [-0.39, 0.29) is 0 Å². The highest BCUT2D eigenvalue weighted by molar-refractivity contribution is 5.95. The molecule has 0 aliphatic rings. The molecule has 0 unspecified atom stereocenters. The Bertz CT molecular complexity index is 1780. The van der Waals surface area contributed by atoms with Gasteiger partial charge in [-0.3, -0.25) is 10.1 Å². The molecule has 0 fully saturated rings. The molecule has 0 bridgehead atoms. The summed E-state index contributed by atoms with van der Waals surface area (Å²) in [7, 11) is 5.87. The standard InChI is InChI=1S/C27H26FN9O/c1-15-30-14-23(37(15)4)20-5-6-21-25(31-20)26(35-34-21)27-32-22-13-29-12-19(24(22)33-27)16-9-17(28)11-18(10-16)38-8-7-36(2)3/h5-6,9-14H,7-8H2,1-4H3,(H,32,33)(H,34,35). The number of rotatable bonds is 7. The van der Waals surface area contributed by atoms with E-state index >= 15 is 0 Å². The Hall–Kier alpha value is -4.64. The number of nitrogens with zero attached hydrogens (tertiary/aromatic N) is 7. The zero-order chi connectivity index (χ0) is 26.4. The molecular formula is C27H26FN9O. The number of hydrogen-bond acceptors (Lipinski definition) is 7. The number of pyridine rings is 2. The summed E-state index contributed by atoms with van der Waals surface area (Å²) in [4.78, 5) is 23.8. The minimum atomic E-state index is -0.393. The molecule has 6 aromatic rings. The molecule has 0 saturated heterocycles. The lowest BCUT2D eigenvalue weighted by Crippen LogP contribution is -2.19. The predicted octanol–water partition coefficient (Wildman–Crippen LogP) is 4.35. The fraction of sp³-hybridized carbons (Fsp3) is 0.222. The Kier molecular flexibility index (Phi) is 5.84. The minimum Gasteiger partial charge on any atom is -0.492 e. The van der Waals surface area contributed by atoms with E-state index in [9.17, 15) is 4.39 Å². The third-order valence-corrected chi connectivity index (χ3v) is 6.50. The van der Waals surface area contributed by atoms with Crippen LogP contribution >= 0.6 is 0 Å². The van der Waals surface area contributed by atoms with E-state index in [1.165, 1.54) is 12.1 Å². The predicted molar refractivity (Wildman–Crippen MR) is 143 cm³/mol. The van der Waals surface area contributed by atoms with Crippen LogP contribution < -0.4 is 4.74 Å². The van der Waals surface area contributed by atoms with Gasteiger partial charge >= 0.3 is 0 Å². The van der Waals surface area contributed by atoms with E-state index in [4.69, 9.17) is 14.7 Å². The van der Waals surface area contributed by atoms with Crippen LogP contribution in [0.3, 0.4) is 0 Å². The van der Waals surface area contributed by atoms with E-state index < -0.39 is 5.82 Å². The van der Waals surface area contributed by atoms with Gasteiger partial charge in [-0.1, -0.05) is 0 Å². The van der Waals surface area contributed by atoms with Gasteiger partial charge in [0.15, 0.2) is 11.5 Å². The van der Waals surface area contributed by atoms with Gasteiger partial charge in [0.25, 0.3) is 0 Å². The molecule has 0 saturated carbocycles.